The highest BCUT2D eigenvalue weighted by atomic mass is 16.5. The number of rotatable bonds is 2. The molecule has 0 spiro atoms. The van der Waals surface area contributed by atoms with Crippen molar-refractivity contribution in [1.82, 2.24) is 0 Å². The topological polar surface area (TPSA) is 69.9 Å². The lowest BCUT2D eigenvalue weighted by molar-refractivity contribution is -0.203. The Morgan fingerprint density at radius 3 is 2.15 bits per heavy atom. The van der Waals surface area contributed by atoms with Crippen molar-refractivity contribution in [3.63, 3.8) is 0 Å². The maximum absolute atomic E-state index is 11.6. The van der Waals surface area contributed by atoms with Gasteiger partial charge in [-0.05, 0) is 120 Å². The van der Waals surface area contributed by atoms with E-state index in [1.54, 1.807) is 0 Å². The van der Waals surface area contributed by atoms with Crippen LogP contribution in [0.25, 0.3) is 0 Å². The summed E-state index contributed by atoms with van der Waals surface area (Å²) in [6.07, 6.45) is 10.3. The number of fused-ring (bicyclic) bond motifs is 2. The van der Waals surface area contributed by atoms with Crippen LogP contribution in [0.2, 0.25) is 0 Å². The van der Waals surface area contributed by atoms with Crippen molar-refractivity contribution in [1.29, 1.82) is 0 Å². The highest BCUT2D eigenvalue weighted by Gasteiger charge is 2.57. The predicted octanol–water partition coefficient (Wildman–Crippen LogP) is 6.02. The van der Waals surface area contributed by atoms with Crippen LogP contribution in [0.5, 0.6) is 0 Å². The Hall–Kier alpha value is -0.420. The van der Waals surface area contributed by atoms with Crippen LogP contribution in [0.4, 0.5) is 0 Å². The smallest absolute Gasteiger partial charge is 0.0888 e. The Morgan fingerprint density at radius 1 is 0.824 bits per heavy atom. The summed E-state index contributed by atoms with van der Waals surface area (Å²) in [5, 5.41) is 33.5. The zero-order chi connectivity index (χ0) is 25.3. The molecule has 4 fully saturated rings. The molecule has 0 bridgehead atoms. The highest BCUT2D eigenvalue weighted by molar-refractivity contribution is 5.22. The van der Waals surface area contributed by atoms with Gasteiger partial charge in [-0.2, -0.15) is 0 Å². The van der Waals surface area contributed by atoms with Crippen molar-refractivity contribution >= 4 is 0 Å². The van der Waals surface area contributed by atoms with Crippen LogP contribution in [0.3, 0.4) is 0 Å². The van der Waals surface area contributed by atoms with Crippen molar-refractivity contribution in [2.75, 3.05) is 0 Å². The van der Waals surface area contributed by atoms with Crippen molar-refractivity contribution < 1.29 is 20.1 Å². The summed E-state index contributed by atoms with van der Waals surface area (Å²) in [7, 11) is 0. The number of ether oxygens (including phenoxy) is 1. The molecule has 0 radical (unpaired) electrons. The van der Waals surface area contributed by atoms with E-state index in [2.05, 4.69) is 40.7 Å². The van der Waals surface area contributed by atoms with E-state index in [-0.39, 0.29) is 22.9 Å². The minimum absolute atomic E-state index is 0.0417. The molecule has 0 unspecified atom stereocenters. The Labute approximate surface area is 208 Å². The van der Waals surface area contributed by atoms with Crippen LogP contribution < -0.4 is 0 Å². The number of allylic oxidation sites excluding steroid dienone is 2. The first-order valence-electron chi connectivity index (χ1n) is 14.0. The monoisotopic (exact) mass is 476 g/mol. The molecule has 0 aromatic heterocycles. The fourth-order valence-corrected chi connectivity index (χ4v) is 8.94. The quantitative estimate of drug-likeness (QED) is 0.426. The number of hydrogen-bond donors (Lipinski definition) is 3. The van der Waals surface area contributed by atoms with Crippen molar-refractivity contribution in [2.24, 2.45) is 34.5 Å². The molecule has 1 saturated heterocycles. The molecule has 1 aliphatic heterocycles. The maximum Gasteiger partial charge on any atom is 0.0888 e. The molecule has 0 aromatic carbocycles. The van der Waals surface area contributed by atoms with E-state index >= 15 is 0 Å². The SMILES string of the molecule is C[C@@H]1CC[C@@H]2[C@@H](CC[C@@]2(C)O)C(C)(C)C1=CC[C@@H]1[C@@]2(C)CC[C@@H](O)C(C)(C)O[C@@H]2CC[C@]1(C)O. The molecule has 34 heavy (non-hydrogen) atoms. The third-order valence-electron chi connectivity index (χ3n) is 11.3. The average Bonchev–Trinajstić information content (AvgIpc) is 2.93. The third-order valence-corrected chi connectivity index (χ3v) is 11.3. The largest absolute Gasteiger partial charge is 0.390 e. The van der Waals surface area contributed by atoms with Gasteiger partial charge in [0.15, 0.2) is 0 Å². The standard InChI is InChI=1S/C30H52O4/c1-19-9-10-22-21(13-17-29(22,7)32)26(2,3)20(19)11-12-23-28(6)16-14-24(31)27(4,5)34-25(28)15-18-30(23,8)33/h11,19,21-25,31-33H,9-10,12-18H2,1-8H3/t19-,21-,22-,23-,24-,25-,28-,29-,30+/m1/s1. The lowest BCUT2D eigenvalue weighted by atomic mass is 9.56. The van der Waals surface area contributed by atoms with Gasteiger partial charge in [0.2, 0.25) is 0 Å². The second kappa shape index (κ2) is 8.57. The number of aliphatic hydroxyl groups is 3. The molecule has 3 aliphatic carbocycles. The molecule has 196 valence electrons. The second-order valence-electron chi connectivity index (χ2n) is 14.4. The number of hydrogen-bond acceptors (Lipinski definition) is 4. The van der Waals surface area contributed by atoms with Gasteiger partial charge in [-0.25, -0.2) is 0 Å². The molecule has 3 N–H and O–H groups in total. The van der Waals surface area contributed by atoms with E-state index in [0.29, 0.717) is 24.2 Å². The molecule has 3 saturated carbocycles. The third kappa shape index (κ3) is 4.33. The Morgan fingerprint density at radius 2 is 1.47 bits per heavy atom. The minimum atomic E-state index is -0.747. The molecule has 9 atom stereocenters. The first-order valence-corrected chi connectivity index (χ1v) is 14.0. The summed E-state index contributed by atoms with van der Waals surface area (Å²) < 4.78 is 6.59. The van der Waals surface area contributed by atoms with Gasteiger partial charge in [-0.15, -0.1) is 0 Å². The fourth-order valence-electron chi connectivity index (χ4n) is 8.94. The van der Waals surface area contributed by atoms with Gasteiger partial charge < -0.3 is 20.1 Å². The van der Waals surface area contributed by atoms with Crippen LogP contribution in [0.1, 0.15) is 113 Å². The van der Waals surface area contributed by atoms with Gasteiger partial charge >= 0.3 is 0 Å². The van der Waals surface area contributed by atoms with Gasteiger partial charge in [0, 0.05) is 0 Å². The Balaban J connectivity index is 1.66. The molecular formula is C30H52O4. The molecular weight excluding hydrogens is 424 g/mol. The predicted molar refractivity (Wildman–Crippen MR) is 137 cm³/mol. The van der Waals surface area contributed by atoms with E-state index < -0.39 is 22.9 Å². The van der Waals surface area contributed by atoms with Gasteiger partial charge in [0.25, 0.3) is 0 Å². The van der Waals surface area contributed by atoms with Crippen LogP contribution in [-0.4, -0.2) is 44.3 Å². The zero-order valence-corrected chi connectivity index (χ0v) is 23.2. The van der Waals surface area contributed by atoms with Gasteiger partial charge in [-0.3, -0.25) is 0 Å². The lowest BCUT2D eigenvalue weighted by Crippen LogP contribution is -2.56. The lowest BCUT2D eigenvalue weighted by Gasteiger charge is -2.54. The molecule has 0 aromatic rings. The molecule has 4 heteroatoms. The average molecular weight is 477 g/mol. The van der Waals surface area contributed by atoms with E-state index in [4.69, 9.17) is 4.74 Å². The van der Waals surface area contributed by atoms with E-state index in [1.807, 2.05) is 20.8 Å². The number of aliphatic hydroxyl groups excluding tert-OH is 1. The molecule has 4 nitrogen and oxygen atoms in total. The first kappa shape index (κ1) is 26.6. The molecule has 0 amide bonds. The first-order chi connectivity index (χ1) is 15.5. The second-order valence-corrected chi connectivity index (χ2v) is 14.4. The van der Waals surface area contributed by atoms with Crippen LogP contribution in [0.15, 0.2) is 11.6 Å². The van der Waals surface area contributed by atoms with Crippen LogP contribution in [0, 0.1) is 34.5 Å². The Bertz CT molecular complexity index is 794. The van der Waals surface area contributed by atoms with E-state index in [1.165, 1.54) is 5.57 Å². The summed E-state index contributed by atoms with van der Waals surface area (Å²) >= 11 is 0. The summed E-state index contributed by atoms with van der Waals surface area (Å²) in [5.74, 6) is 1.45. The van der Waals surface area contributed by atoms with Crippen molar-refractivity contribution in [2.45, 2.75) is 142 Å². The van der Waals surface area contributed by atoms with Gasteiger partial charge in [-0.1, -0.05) is 39.3 Å². The molecule has 1 heterocycles. The van der Waals surface area contributed by atoms with Crippen molar-refractivity contribution in [3.05, 3.63) is 11.6 Å². The normalized spacial score (nSPS) is 51.9. The summed E-state index contributed by atoms with van der Waals surface area (Å²) in [4.78, 5) is 0. The van der Waals surface area contributed by atoms with Crippen LogP contribution in [-0.2, 0) is 4.74 Å². The highest BCUT2D eigenvalue weighted by Crippen LogP contribution is 2.59. The maximum atomic E-state index is 11.6. The molecule has 4 aliphatic rings. The molecule has 4 rings (SSSR count). The minimum Gasteiger partial charge on any atom is -0.390 e. The van der Waals surface area contributed by atoms with Gasteiger partial charge in [0.1, 0.15) is 0 Å². The zero-order valence-electron chi connectivity index (χ0n) is 23.2. The van der Waals surface area contributed by atoms with Crippen molar-refractivity contribution in [3.8, 4) is 0 Å². The fraction of sp³-hybridized carbons (Fsp3) is 0.933. The summed E-state index contributed by atoms with van der Waals surface area (Å²) in [6, 6.07) is 0. The van der Waals surface area contributed by atoms with Gasteiger partial charge in [0.05, 0.1) is 29.0 Å². The van der Waals surface area contributed by atoms with Crippen LogP contribution >= 0.6 is 0 Å². The summed E-state index contributed by atoms with van der Waals surface area (Å²) in [5.41, 5.74) is -0.459. The van der Waals surface area contributed by atoms with E-state index in [9.17, 15) is 15.3 Å². The Kier molecular flexibility index (Phi) is 6.71. The summed E-state index contributed by atoms with van der Waals surface area (Å²) in [6.45, 7) is 17.6. The van der Waals surface area contributed by atoms with E-state index in [0.717, 1.165) is 51.4 Å².